The molecule has 3 unspecified atom stereocenters. The van der Waals surface area contributed by atoms with E-state index in [0.29, 0.717) is 19.1 Å². The summed E-state index contributed by atoms with van der Waals surface area (Å²) < 4.78 is 15.9. The van der Waals surface area contributed by atoms with E-state index in [1.54, 1.807) is 0 Å². The highest BCUT2D eigenvalue weighted by atomic mass is 16.7. The van der Waals surface area contributed by atoms with Gasteiger partial charge in [0.1, 0.15) is 6.10 Å². The summed E-state index contributed by atoms with van der Waals surface area (Å²) in [5.74, 6) is 0.397. The van der Waals surface area contributed by atoms with E-state index in [1.165, 1.54) is 6.92 Å². The van der Waals surface area contributed by atoms with E-state index in [0.717, 1.165) is 0 Å². The number of carbonyl (C=O) groups is 1. The monoisotopic (exact) mass is 186 g/mol. The molecule has 2 aliphatic heterocycles. The summed E-state index contributed by atoms with van der Waals surface area (Å²) in [6.45, 7) is 4.69. The first-order valence-electron chi connectivity index (χ1n) is 4.59. The zero-order chi connectivity index (χ0) is 9.42. The third-order valence-corrected chi connectivity index (χ3v) is 2.67. The molecule has 74 valence electrons. The van der Waals surface area contributed by atoms with Crippen LogP contribution in [0.4, 0.5) is 0 Å². The molecule has 0 aromatic heterocycles. The van der Waals surface area contributed by atoms with Gasteiger partial charge in [0.15, 0.2) is 6.29 Å². The molecule has 2 heterocycles. The number of hydrogen-bond donors (Lipinski definition) is 0. The van der Waals surface area contributed by atoms with E-state index >= 15 is 0 Å². The molecule has 4 nitrogen and oxygen atoms in total. The second-order valence-corrected chi connectivity index (χ2v) is 3.74. The van der Waals surface area contributed by atoms with Crippen LogP contribution in [0.5, 0.6) is 0 Å². The average molecular weight is 186 g/mol. The number of esters is 1. The van der Waals surface area contributed by atoms with Gasteiger partial charge in [0.05, 0.1) is 19.1 Å². The van der Waals surface area contributed by atoms with Crippen molar-refractivity contribution in [2.45, 2.75) is 26.2 Å². The molecule has 2 aliphatic rings. The van der Waals surface area contributed by atoms with Gasteiger partial charge in [-0.05, 0) is 5.92 Å². The standard InChI is InChI=1S/C9H14O4/c1-5-3-11-9-8(5)7(4-12-9)13-6(2)10/h5,7-9H,3-4H2,1-2H3/t5-,7?,8?,9?/m1/s1. The van der Waals surface area contributed by atoms with Crippen molar-refractivity contribution in [2.75, 3.05) is 13.2 Å². The average Bonchev–Trinajstić information content (AvgIpc) is 2.56. The Hall–Kier alpha value is -0.610. The van der Waals surface area contributed by atoms with Crippen molar-refractivity contribution in [3.8, 4) is 0 Å². The molecule has 0 aromatic rings. The molecule has 0 N–H and O–H groups in total. The Bertz CT molecular complexity index is 216. The fraction of sp³-hybridized carbons (Fsp3) is 0.889. The molecule has 0 amide bonds. The Morgan fingerprint density at radius 3 is 2.77 bits per heavy atom. The number of rotatable bonds is 1. The Labute approximate surface area is 77.1 Å². The van der Waals surface area contributed by atoms with E-state index in [9.17, 15) is 4.79 Å². The SMILES string of the molecule is CC(=O)OC1COC2OC[C@@H](C)C12. The molecule has 2 saturated heterocycles. The summed E-state index contributed by atoms with van der Waals surface area (Å²) in [7, 11) is 0. The predicted octanol–water partition coefficient (Wildman–Crippen LogP) is 0.557. The van der Waals surface area contributed by atoms with Gasteiger partial charge in [0.2, 0.25) is 0 Å². The maximum absolute atomic E-state index is 10.8. The lowest BCUT2D eigenvalue weighted by Crippen LogP contribution is -2.29. The summed E-state index contributed by atoms with van der Waals surface area (Å²) in [4.78, 5) is 10.8. The molecule has 0 spiro atoms. The van der Waals surface area contributed by atoms with Gasteiger partial charge >= 0.3 is 5.97 Å². The fourth-order valence-electron chi connectivity index (χ4n) is 2.06. The lowest BCUT2D eigenvalue weighted by molar-refractivity contribution is -0.148. The van der Waals surface area contributed by atoms with Crippen LogP contribution in [0.2, 0.25) is 0 Å². The van der Waals surface area contributed by atoms with Gasteiger partial charge in [-0.3, -0.25) is 4.79 Å². The van der Waals surface area contributed by atoms with Crippen LogP contribution >= 0.6 is 0 Å². The van der Waals surface area contributed by atoms with Crippen LogP contribution in [-0.2, 0) is 19.0 Å². The molecule has 13 heavy (non-hydrogen) atoms. The van der Waals surface area contributed by atoms with Crippen LogP contribution in [0.25, 0.3) is 0 Å². The van der Waals surface area contributed by atoms with Crippen LogP contribution in [0.3, 0.4) is 0 Å². The third-order valence-electron chi connectivity index (χ3n) is 2.67. The van der Waals surface area contributed by atoms with Crippen molar-refractivity contribution in [2.24, 2.45) is 11.8 Å². The van der Waals surface area contributed by atoms with Crippen LogP contribution < -0.4 is 0 Å². The van der Waals surface area contributed by atoms with E-state index < -0.39 is 0 Å². The molecule has 4 atom stereocenters. The summed E-state index contributed by atoms with van der Waals surface area (Å²) in [5.41, 5.74) is 0. The molecular weight excluding hydrogens is 172 g/mol. The first kappa shape index (κ1) is 8.97. The normalized spacial score (nSPS) is 43.2. The molecule has 2 fully saturated rings. The first-order chi connectivity index (χ1) is 6.18. The van der Waals surface area contributed by atoms with E-state index in [2.05, 4.69) is 6.92 Å². The number of hydrogen-bond acceptors (Lipinski definition) is 4. The topological polar surface area (TPSA) is 44.8 Å². The second-order valence-electron chi connectivity index (χ2n) is 3.74. The summed E-state index contributed by atoms with van der Waals surface area (Å²) in [6.07, 6.45) is -0.264. The molecule has 0 saturated carbocycles. The lowest BCUT2D eigenvalue weighted by atomic mass is 9.93. The van der Waals surface area contributed by atoms with Crippen LogP contribution in [0.1, 0.15) is 13.8 Å². The zero-order valence-electron chi connectivity index (χ0n) is 7.86. The Morgan fingerprint density at radius 1 is 1.38 bits per heavy atom. The van der Waals surface area contributed by atoms with Gasteiger partial charge in [-0.25, -0.2) is 0 Å². The second kappa shape index (κ2) is 3.27. The molecule has 0 aliphatic carbocycles. The predicted molar refractivity (Wildman–Crippen MR) is 43.9 cm³/mol. The van der Waals surface area contributed by atoms with E-state index in [4.69, 9.17) is 14.2 Å². The Morgan fingerprint density at radius 2 is 2.08 bits per heavy atom. The molecular formula is C9H14O4. The molecule has 4 heteroatoms. The highest BCUT2D eigenvalue weighted by Gasteiger charge is 2.47. The Kier molecular flexibility index (Phi) is 2.26. The number of carbonyl (C=O) groups excluding carboxylic acids is 1. The first-order valence-corrected chi connectivity index (χ1v) is 4.59. The zero-order valence-corrected chi connectivity index (χ0v) is 7.86. The Balaban J connectivity index is 2.01. The van der Waals surface area contributed by atoms with Crippen molar-refractivity contribution in [3.05, 3.63) is 0 Å². The van der Waals surface area contributed by atoms with E-state index in [-0.39, 0.29) is 24.3 Å². The van der Waals surface area contributed by atoms with Crippen LogP contribution in [0, 0.1) is 11.8 Å². The minimum absolute atomic E-state index is 0.111. The van der Waals surface area contributed by atoms with Crippen LogP contribution in [0.15, 0.2) is 0 Å². The van der Waals surface area contributed by atoms with Crippen LogP contribution in [-0.4, -0.2) is 31.6 Å². The van der Waals surface area contributed by atoms with Crippen molar-refractivity contribution in [1.29, 1.82) is 0 Å². The number of fused-ring (bicyclic) bond motifs is 1. The van der Waals surface area contributed by atoms with Crippen molar-refractivity contribution >= 4 is 5.97 Å². The van der Waals surface area contributed by atoms with Gasteiger partial charge in [-0.2, -0.15) is 0 Å². The van der Waals surface area contributed by atoms with E-state index in [1.807, 2.05) is 0 Å². The third kappa shape index (κ3) is 1.56. The molecule has 0 bridgehead atoms. The highest BCUT2D eigenvalue weighted by molar-refractivity contribution is 5.66. The minimum Gasteiger partial charge on any atom is -0.460 e. The molecule has 0 radical (unpaired) electrons. The molecule has 0 aromatic carbocycles. The maximum Gasteiger partial charge on any atom is 0.302 e. The fourth-order valence-corrected chi connectivity index (χ4v) is 2.06. The lowest BCUT2D eigenvalue weighted by Gasteiger charge is -2.18. The maximum atomic E-state index is 10.8. The van der Waals surface area contributed by atoms with Gasteiger partial charge in [-0.15, -0.1) is 0 Å². The van der Waals surface area contributed by atoms with Gasteiger partial charge in [-0.1, -0.05) is 6.92 Å². The largest absolute Gasteiger partial charge is 0.460 e. The van der Waals surface area contributed by atoms with Gasteiger partial charge in [0.25, 0.3) is 0 Å². The smallest absolute Gasteiger partial charge is 0.302 e. The van der Waals surface area contributed by atoms with Gasteiger partial charge < -0.3 is 14.2 Å². The minimum atomic E-state index is -0.242. The summed E-state index contributed by atoms with van der Waals surface area (Å²) in [6, 6.07) is 0. The van der Waals surface area contributed by atoms with Crippen molar-refractivity contribution < 1.29 is 19.0 Å². The highest BCUT2D eigenvalue weighted by Crippen LogP contribution is 2.36. The quantitative estimate of drug-likeness (QED) is 0.561. The number of ether oxygens (including phenoxy) is 3. The van der Waals surface area contributed by atoms with Crippen molar-refractivity contribution in [1.82, 2.24) is 0 Å². The van der Waals surface area contributed by atoms with Crippen molar-refractivity contribution in [3.63, 3.8) is 0 Å². The van der Waals surface area contributed by atoms with Gasteiger partial charge in [0, 0.05) is 6.92 Å². The summed E-state index contributed by atoms with van der Waals surface area (Å²) >= 11 is 0. The summed E-state index contributed by atoms with van der Waals surface area (Å²) in [5, 5.41) is 0. The molecule has 2 rings (SSSR count).